The summed E-state index contributed by atoms with van der Waals surface area (Å²) in [5, 5.41) is 12.4. The molecular weight excluding hydrogens is 286 g/mol. The minimum absolute atomic E-state index is 0.175. The molecule has 1 aromatic heterocycles. The first-order valence-electron chi connectivity index (χ1n) is 6.94. The first-order valence-corrected chi connectivity index (χ1v) is 7.76. The van der Waals surface area contributed by atoms with Crippen LogP contribution in [-0.4, -0.2) is 23.2 Å². The maximum Gasteiger partial charge on any atom is 0.257 e. The van der Waals surface area contributed by atoms with Crippen LogP contribution in [0.3, 0.4) is 0 Å². The summed E-state index contributed by atoms with van der Waals surface area (Å²) < 4.78 is 5.07. The molecule has 5 nitrogen and oxygen atoms in total. The fourth-order valence-corrected chi connectivity index (χ4v) is 2.65. The average Bonchev–Trinajstić information content (AvgIpc) is 2.93. The lowest BCUT2D eigenvalue weighted by Gasteiger charge is -2.04. The number of methoxy groups -OCH3 is 1. The molecule has 21 heavy (non-hydrogen) atoms. The van der Waals surface area contributed by atoms with E-state index in [0.29, 0.717) is 17.3 Å². The summed E-state index contributed by atoms with van der Waals surface area (Å²) in [6.45, 7) is 2.62. The van der Waals surface area contributed by atoms with Crippen LogP contribution >= 0.6 is 11.3 Å². The number of benzene rings is 1. The van der Waals surface area contributed by atoms with Gasteiger partial charge in [-0.2, -0.15) is 0 Å². The van der Waals surface area contributed by atoms with Crippen LogP contribution in [0, 0.1) is 0 Å². The van der Waals surface area contributed by atoms with Gasteiger partial charge in [-0.05, 0) is 24.1 Å². The highest BCUT2D eigenvalue weighted by molar-refractivity contribution is 7.15. The number of anilines is 1. The number of carbonyl (C=O) groups is 1. The Morgan fingerprint density at radius 3 is 3.00 bits per heavy atom. The predicted octanol–water partition coefficient (Wildman–Crippen LogP) is 3.28. The second-order valence-corrected chi connectivity index (χ2v) is 5.75. The number of aryl methyl sites for hydroxylation is 1. The van der Waals surface area contributed by atoms with Crippen LogP contribution in [0.4, 0.5) is 5.13 Å². The molecule has 0 atom stereocenters. The Kier molecular flexibility index (Phi) is 5.83. The van der Waals surface area contributed by atoms with Crippen molar-refractivity contribution < 1.29 is 9.53 Å². The lowest BCUT2D eigenvalue weighted by Crippen LogP contribution is -2.12. The van der Waals surface area contributed by atoms with E-state index in [9.17, 15) is 4.79 Å². The van der Waals surface area contributed by atoms with Gasteiger partial charge in [0.05, 0.1) is 6.61 Å². The minimum atomic E-state index is -0.175. The van der Waals surface area contributed by atoms with Gasteiger partial charge in [-0.15, -0.1) is 10.2 Å². The zero-order valence-electron chi connectivity index (χ0n) is 12.3. The highest BCUT2D eigenvalue weighted by atomic mass is 32.1. The maximum absolute atomic E-state index is 12.2. The van der Waals surface area contributed by atoms with Crippen molar-refractivity contribution in [3.05, 3.63) is 40.4 Å². The number of hydrogen-bond acceptors (Lipinski definition) is 5. The third-order valence-corrected chi connectivity index (χ3v) is 3.83. The van der Waals surface area contributed by atoms with Crippen molar-refractivity contribution in [2.24, 2.45) is 0 Å². The third-order valence-electron chi connectivity index (χ3n) is 2.93. The van der Waals surface area contributed by atoms with Gasteiger partial charge in [-0.25, -0.2) is 0 Å². The normalized spacial score (nSPS) is 10.6. The molecule has 0 aliphatic carbocycles. The second kappa shape index (κ2) is 7.85. The number of unbranched alkanes of at least 4 members (excludes halogenated alkanes) is 1. The molecule has 1 aromatic carbocycles. The lowest BCUT2D eigenvalue weighted by molar-refractivity contribution is 0.102. The molecule has 0 unspecified atom stereocenters. The molecule has 1 N–H and O–H groups in total. The molecule has 0 fully saturated rings. The van der Waals surface area contributed by atoms with E-state index in [-0.39, 0.29) is 5.91 Å². The van der Waals surface area contributed by atoms with Gasteiger partial charge in [0.2, 0.25) is 5.13 Å². The van der Waals surface area contributed by atoms with Crippen molar-refractivity contribution in [1.82, 2.24) is 10.2 Å². The first-order chi connectivity index (χ1) is 10.2. The average molecular weight is 305 g/mol. The van der Waals surface area contributed by atoms with Crippen molar-refractivity contribution in [3.8, 4) is 0 Å². The summed E-state index contributed by atoms with van der Waals surface area (Å²) in [6, 6.07) is 7.36. The number of hydrogen-bond donors (Lipinski definition) is 1. The van der Waals surface area contributed by atoms with Crippen molar-refractivity contribution in [3.63, 3.8) is 0 Å². The number of carbonyl (C=O) groups excluding carboxylic acids is 1. The number of ether oxygens (including phenoxy) is 1. The van der Waals surface area contributed by atoms with E-state index in [1.807, 2.05) is 18.2 Å². The molecule has 0 saturated carbocycles. The van der Waals surface area contributed by atoms with Gasteiger partial charge in [-0.1, -0.05) is 36.8 Å². The van der Waals surface area contributed by atoms with Crippen LogP contribution in [0.15, 0.2) is 24.3 Å². The molecule has 2 aromatic rings. The quantitative estimate of drug-likeness (QED) is 0.852. The molecule has 6 heteroatoms. The van der Waals surface area contributed by atoms with E-state index in [4.69, 9.17) is 4.74 Å². The molecule has 0 aliphatic heterocycles. The topological polar surface area (TPSA) is 64.1 Å². The molecule has 0 saturated heterocycles. The number of aromatic nitrogens is 2. The van der Waals surface area contributed by atoms with E-state index in [1.165, 1.54) is 11.3 Å². The molecule has 1 heterocycles. The summed E-state index contributed by atoms with van der Waals surface area (Å²) in [5.74, 6) is -0.175. The molecule has 112 valence electrons. The Bertz CT molecular complexity index is 598. The maximum atomic E-state index is 12.2. The summed E-state index contributed by atoms with van der Waals surface area (Å²) in [7, 11) is 1.63. The summed E-state index contributed by atoms with van der Waals surface area (Å²) in [4.78, 5) is 12.2. The summed E-state index contributed by atoms with van der Waals surface area (Å²) in [6.07, 6.45) is 3.11. The van der Waals surface area contributed by atoms with Gasteiger partial charge >= 0.3 is 0 Å². The highest BCUT2D eigenvalue weighted by Gasteiger charge is 2.10. The van der Waals surface area contributed by atoms with Gasteiger partial charge < -0.3 is 4.74 Å². The standard InChI is InChI=1S/C15H19N3O2S/c1-3-4-8-13-17-18-15(21-13)16-14(19)12-7-5-6-11(9-12)10-20-2/h5-7,9H,3-4,8,10H2,1-2H3,(H,16,18,19). The molecule has 1 amide bonds. The Balaban J connectivity index is 2.00. The Labute approximate surface area is 128 Å². The first kappa shape index (κ1) is 15.6. The van der Waals surface area contributed by atoms with Crippen LogP contribution in [0.2, 0.25) is 0 Å². The third kappa shape index (κ3) is 4.61. The van der Waals surface area contributed by atoms with Crippen LogP contribution < -0.4 is 5.32 Å². The highest BCUT2D eigenvalue weighted by Crippen LogP contribution is 2.18. The molecule has 2 rings (SSSR count). The number of nitrogens with zero attached hydrogens (tertiary/aromatic N) is 2. The molecule has 0 spiro atoms. The molecule has 0 radical (unpaired) electrons. The monoisotopic (exact) mass is 305 g/mol. The summed E-state index contributed by atoms with van der Waals surface area (Å²) in [5.41, 5.74) is 1.56. The van der Waals surface area contributed by atoms with Crippen molar-refractivity contribution in [2.75, 3.05) is 12.4 Å². The predicted molar refractivity (Wildman–Crippen MR) is 83.6 cm³/mol. The van der Waals surface area contributed by atoms with Crippen LogP contribution in [-0.2, 0) is 17.8 Å². The second-order valence-electron chi connectivity index (χ2n) is 4.69. The van der Waals surface area contributed by atoms with E-state index in [1.54, 1.807) is 13.2 Å². The molecular formula is C15H19N3O2S. The zero-order chi connectivity index (χ0) is 15.1. The van der Waals surface area contributed by atoms with Crippen LogP contribution in [0.5, 0.6) is 0 Å². The van der Waals surface area contributed by atoms with Crippen LogP contribution in [0.25, 0.3) is 0 Å². The van der Waals surface area contributed by atoms with E-state index < -0.39 is 0 Å². The van der Waals surface area contributed by atoms with Crippen molar-refractivity contribution >= 4 is 22.4 Å². The van der Waals surface area contributed by atoms with Crippen LogP contribution in [0.1, 0.15) is 40.7 Å². The zero-order valence-corrected chi connectivity index (χ0v) is 13.1. The van der Waals surface area contributed by atoms with Gasteiger partial charge in [0.25, 0.3) is 5.91 Å². The number of nitrogens with one attached hydrogen (secondary N) is 1. The fraction of sp³-hybridized carbons (Fsp3) is 0.400. The smallest absolute Gasteiger partial charge is 0.257 e. The summed E-state index contributed by atoms with van der Waals surface area (Å²) >= 11 is 1.43. The number of rotatable bonds is 7. The molecule has 0 aliphatic rings. The Morgan fingerprint density at radius 2 is 2.24 bits per heavy atom. The Hall–Kier alpha value is -1.79. The van der Waals surface area contributed by atoms with Gasteiger partial charge in [0.15, 0.2) is 0 Å². The minimum Gasteiger partial charge on any atom is -0.380 e. The van der Waals surface area contributed by atoms with Gasteiger partial charge in [0.1, 0.15) is 5.01 Å². The fourth-order valence-electron chi connectivity index (χ4n) is 1.87. The molecule has 0 bridgehead atoms. The van der Waals surface area contributed by atoms with Crippen molar-refractivity contribution in [1.29, 1.82) is 0 Å². The van der Waals surface area contributed by atoms with Gasteiger partial charge in [-0.3, -0.25) is 10.1 Å². The Morgan fingerprint density at radius 1 is 1.38 bits per heavy atom. The largest absolute Gasteiger partial charge is 0.380 e. The van der Waals surface area contributed by atoms with E-state index in [0.717, 1.165) is 29.8 Å². The van der Waals surface area contributed by atoms with E-state index >= 15 is 0 Å². The van der Waals surface area contributed by atoms with Gasteiger partial charge in [0, 0.05) is 19.1 Å². The van der Waals surface area contributed by atoms with E-state index in [2.05, 4.69) is 22.4 Å². The SMILES string of the molecule is CCCCc1nnc(NC(=O)c2cccc(COC)c2)s1. The number of amides is 1. The lowest BCUT2D eigenvalue weighted by atomic mass is 10.1. The van der Waals surface area contributed by atoms with Crippen molar-refractivity contribution in [2.45, 2.75) is 32.8 Å².